The van der Waals surface area contributed by atoms with Crippen LogP contribution in [-0.4, -0.2) is 66.7 Å². The Morgan fingerprint density at radius 2 is 1.85 bits per heavy atom. The van der Waals surface area contributed by atoms with E-state index in [2.05, 4.69) is 24.3 Å². The van der Waals surface area contributed by atoms with E-state index in [9.17, 15) is 9.59 Å². The number of carbonyl (C=O) groups is 2. The summed E-state index contributed by atoms with van der Waals surface area (Å²) in [6.45, 7) is 6.04. The lowest BCUT2D eigenvalue weighted by molar-refractivity contribution is -0.140. The van der Waals surface area contributed by atoms with Crippen LogP contribution in [0, 0.1) is 11.8 Å². The van der Waals surface area contributed by atoms with E-state index in [1.54, 1.807) is 18.7 Å². The molecule has 0 saturated carbocycles. The van der Waals surface area contributed by atoms with Gasteiger partial charge in [0, 0.05) is 19.6 Å². The summed E-state index contributed by atoms with van der Waals surface area (Å²) in [4.78, 5) is 27.1. The Bertz CT molecular complexity index is 337. The molecule has 1 aliphatic heterocycles. The fourth-order valence-electron chi connectivity index (χ4n) is 2.57. The number of amides is 2. The van der Waals surface area contributed by atoms with Crippen molar-refractivity contribution in [2.75, 3.05) is 33.7 Å². The molecule has 1 atom stereocenters. The molecular weight excluding hydrogens is 258 g/mol. The first-order valence-corrected chi connectivity index (χ1v) is 7.24. The van der Waals surface area contributed by atoms with Gasteiger partial charge in [-0.1, -0.05) is 13.8 Å². The van der Waals surface area contributed by atoms with Crippen LogP contribution >= 0.6 is 0 Å². The smallest absolute Gasteiger partial charge is 0.326 e. The highest BCUT2D eigenvalue weighted by Gasteiger charge is 2.28. The fraction of sp³-hybridized carbons (Fsp3) is 0.857. The van der Waals surface area contributed by atoms with Gasteiger partial charge in [-0.05, 0) is 38.8 Å². The van der Waals surface area contributed by atoms with E-state index in [1.165, 1.54) is 0 Å². The van der Waals surface area contributed by atoms with Crippen molar-refractivity contribution < 1.29 is 14.7 Å². The summed E-state index contributed by atoms with van der Waals surface area (Å²) in [6, 6.07) is -1.07. The quantitative estimate of drug-likeness (QED) is 0.793. The SMILES string of the molecule is CC(C)[C@@H](NC(=O)N1CCC(CN(C)C)CC1)C(=O)O. The second-order valence-corrected chi connectivity index (χ2v) is 6.20. The minimum atomic E-state index is -0.976. The second-order valence-electron chi connectivity index (χ2n) is 6.20. The lowest BCUT2D eigenvalue weighted by Crippen LogP contribution is -2.52. The lowest BCUT2D eigenvalue weighted by atomic mass is 9.96. The summed E-state index contributed by atoms with van der Waals surface area (Å²) in [5.74, 6) is -0.479. The first-order chi connectivity index (χ1) is 9.31. The summed E-state index contributed by atoms with van der Waals surface area (Å²) >= 11 is 0. The predicted octanol–water partition coefficient (Wildman–Crippen LogP) is 1.08. The number of likely N-dealkylation sites (tertiary alicyclic amines) is 1. The highest BCUT2D eigenvalue weighted by atomic mass is 16.4. The van der Waals surface area contributed by atoms with E-state index in [-0.39, 0.29) is 11.9 Å². The Morgan fingerprint density at radius 1 is 1.30 bits per heavy atom. The summed E-state index contributed by atoms with van der Waals surface area (Å²) in [6.07, 6.45) is 1.95. The maximum absolute atomic E-state index is 12.1. The third-order valence-corrected chi connectivity index (χ3v) is 3.74. The van der Waals surface area contributed by atoms with E-state index >= 15 is 0 Å². The van der Waals surface area contributed by atoms with Crippen LogP contribution in [0.4, 0.5) is 4.79 Å². The van der Waals surface area contributed by atoms with Gasteiger partial charge in [-0.2, -0.15) is 0 Å². The molecule has 20 heavy (non-hydrogen) atoms. The molecule has 0 aromatic carbocycles. The third kappa shape index (κ3) is 5.00. The number of urea groups is 1. The number of carboxylic acid groups (broad SMARTS) is 1. The summed E-state index contributed by atoms with van der Waals surface area (Å²) in [5.41, 5.74) is 0. The van der Waals surface area contributed by atoms with E-state index in [1.807, 2.05) is 0 Å². The van der Waals surface area contributed by atoms with Gasteiger partial charge in [0.2, 0.25) is 0 Å². The highest BCUT2D eigenvalue weighted by molar-refractivity contribution is 5.82. The van der Waals surface area contributed by atoms with Crippen molar-refractivity contribution in [2.24, 2.45) is 11.8 Å². The number of aliphatic carboxylic acids is 1. The average molecular weight is 285 g/mol. The highest BCUT2D eigenvalue weighted by Crippen LogP contribution is 2.18. The molecule has 1 rings (SSSR count). The molecule has 0 radical (unpaired) electrons. The van der Waals surface area contributed by atoms with Gasteiger partial charge < -0.3 is 20.2 Å². The van der Waals surface area contributed by atoms with Crippen LogP contribution in [0.1, 0.15) is 26.7 Å². The molecule has 1 fully saturated rings. The third-order valence-electron chi connectivity index (χ3n) is 3.74. The van der Waals surface area contributed by atoms with Crippen molar-refractivity contribution >= 4 is 12.0 Å². The predicted molar refractivity (Wildman–Crippen MR) is 77.6 cm³/mol. The topological polar surface area (TPSA) is 72.9 Å². The molecule has 1 saturated heterocycles. The minimum Gasteiger partial charge on any atom is -0.480 e. The molecule has 1 heterocycles. The number of hydrogen-bond acceptors (Lipinski definition) is 3. The first kappa shape index (κ1) is 16.8. The molecular formula is C14H27N3O3. The Labute approximate surface area is 121 Å². The summed E-state index contributed by atoms with van der Waals surface area (Å²) < 4.78 is 0. The molecule has 0 aromatic rings. The zero-order valence-electron chi connectivity index (χ0n) is 12.9. The number of piperidine rings is 1. The van der Waals surface area contributed by atoms with Crippen LogP contribution in [-0.2, 0) is 4.79 Å². The van der Waals surface area contributed by atoms with Gasteiger partial charge in [-0.15, -0.1) is 0 Å². The van der Waals surface area contributed by atoms with E-state index < -0.39 is 12.0 Å². The Kier molecular flexibility index (Phi) is 6.26. The standard InChI is InChI=1S/C14H27N3O3/c1-10(2)12(13(18)19)15-14(20)17-7-5-11(6-8-17)9-16(3)4/h10-12H,5-9H2,1-4H3,(H,15,20)(H,18,19)/t12-/m1/s1. The second kappa shape index (κ2) is 7.47. The molecule has 0 aliphatic carbocycles. The van der Waals surface area contributed by atoms with Gasteiger partial charge in [0.15, 0.2) is 0 Å². The van der Waals surface area contributed by atoms with Crippen molar-refractivity contribution in [1.82, 2.24) is 15.1 Å². The lowest BCUT2D eigenvalue weighted by Gasteiger charge is -2.34. The van der Waals surface area contributed by atoms with Crippen molar-refractivity contribution in [3.8, 4) is 0 Å². The molecule has 116 valence electrons. The maximum Gasteiger partial charge on any atom is 0.326 e. The maximum atomic E-state index is 12.1. The normalized spacial score (nSPS) is 18.4. The Hall–Kier alpha value is -1.30. The number of nitrogens with one attached hydrogen (secondary N) is 1. The monoisotopic (exact) mass is 285 g/mol. The van der Waals surface area contributed by atoms with Crippen LogP contribution in [0.25, 0.3) is 0 Å². The van der Waals surface area contributed by atoms with E-state index in [0.717, 1.165) is 19.4 Å². The van der Waals surface area contributed by atoms with Gasteiger partial charge in [-0.3, -0.25) is 0 Å². The summed E-state index contributed by atoms with van der Waals surface area (Å²) in [7, 11) is 4.11. The van der Waals surface area contributed by atoms with Gasteiger partial charge in [0.1, 0.15) is 6.04 Å². The van der Waals surface area contributed by atoms with Gasteiger partial charge >= 0.3 is 12.0 Å². The molecule has 2 amide bonds. The zero-order valence-corrected chi connectivity index (χ0v) is 12.9. The van der Waals surface area contributed by atoms with E-state index in [4.69, 9.17) is 5.11 Å². The van der Waals surface area contributed by atoms with E-state index in [0.29, 0.717) is 19.0 Å². The number of rotatable bonds is 5. The van der Waals surface area contributed by atoms with Crippen molar-refractivity contribution in [2.45, 2.75) is 32.7 Å². The zero-order chi connectivity index (χ0) is 15.3. The number of carboxylic acids is 1. The van der Waals surface area contributed by atoms with Crippen LogP contribution in [0.3, 0.4) is 0 Å². The molecule has 2 N–H and O–H groups in total. The van der Waals surface area contributed by atoms with Crippen LogP contribution in [0.15, 0.2) is 0 Å². The van der Waals surface area contributed by atoms with Crippen LogP contribution < -0.4 is 5.32 Å². The number of hydrogen-bond donors (Lipinski definition) is 2. The first-order valence-electron chi connectivity index (χ1n) is 7.24. The molecule has 1 aliphatic rings. The fourth-order valence-corrected chi connectivity index (χ4v) is 2.57. The molecule has 0 spiro atoms. The molecule has 0 unspecified atom stereocenters. The van der Waals surface area contributed by atoms with Gasteiger partial charge in [0.05, 0.1) is 0 Å². The van der Waals surface area contributed by atoms with Crippen molar-refractivity contribution in [3.05, 3.63) is 0 Å². The molecule has 6 heteroatoms. The van der Waals surface area contributed by atoms with Crippen LogP contribution in [0.2, 0.25) is 0 Å². The number of carbonyl (C=O) groups excluding carboxylic acids is 1. The van der Waals surface area contributed by atoms with Crippen LogP contribution in [0.5, 0.6) is 0 Å². The van der Waals surface area contributed by atoms with Crippen molar-refractivity contribution in [1.29, 1.82) is 0 Å². The minimum absolute atomic E-state index is 0.122. The summed E-state index contributed by atoms with van der Waals surface area (Å²) in [5, 5.41) is 11.7. The Morgan fingerprint density at radius 3 is 2.25 bits per heavy atom. The Balaban J connectivity index is 2.44. The largest absolute Gasteiger partial charge is 0.480 e. The van der Waals surface area contributed by atoms with Gasteiger partial charge in [0.25, 0.3) is 0 Å². The molecule has 0 aromatic heterocycles. The average Bonchev–Trinajstić information content (AvgIpc) is 2.35. The molecule has 0 bridgehead atoms. The molecule has 6 nitrogen and oxygen atoms in total. The van der Waals surface area contributed by atoms with Crippen molar-refractivity contribution in [3.63, 3.8) is 0 Å². The van der Waals surface area contributed by atoms with Gasteiger partial charge in [-0.25, -0.2) is 9.59 Å². The number of nitrogens with zero attached hydrogens (tertiary/aromatic N) is 2.